The summed E-state index contributed by atoms with van der Waals surface area (Å²) in [5, 5.41) is 11.7. The summed E-state index contributed by atoms with van der Waals surface area (Å²) in [4.78, 5) is 26.2. The maximum absolute atomic E-state index is 13.0. The Hall–Kier alpha value is -4.30. The van der Waals surface area contributed by atoms with Gasteiger partial charge in [-0.1, -0.05) is 41.0 Å². The Labute approximate surface area is 212 Å². The van der Waals surface area contributed by atoms with Crippen molar-refractivity contribution in [1.29, 1.82) is 0 Å². The highest BCUT2D eigenvalue weighted by Crippen LogP contribution is 2.31. The van der Waals surface area contributed by atoms with E-state index in [1.165, 1.54) is 0 Å². The molecule has 36 heavy (non-hydrogen) atoms. The number of pyridine rings is 1. The second kappa shape index (κ2) is 10.1. The first-order chi connectivity index (χ1) is 17.5. The largest absolute Gasteiger partial charge is 0.365 e. The molecule has 2 aromatic carbocycles. The van der Waals surface area contributed by atoms with Crippen molar-refractivity contribution in [3.05, 3.63) is 100 Å². The number of nitrogens with one attached hydrogen (secondary N) is 2. The Morgan fingerprint density at radius 3 is 2.61 bits per heavy atom. The molecule has 0 unspecified atom stereocenters. The zero-order valence-electron chi connectivity index (χ0n) is 19.7. The van der Waals surface area contributed by atoms with E-state index in [0.717, 1.165) is 39.1 Å². The van der Waals surface area contributed by atoms with Crippen LogP contribution in [-0.4, -0.2) is 26.0 Å². The molecule has 0 saturated carbocycles. The quantitative estimate of drug-likeness (QED) is 0.305. The molecule has 0 atom stereocenters. The lowest BCUT2D eigenvalue weighted by molar-refractivity contribution is 0.0941. The fourth-order valence-corrected chi connectivity index (χ4v) is 4.23. The van der Waals surface area contributed by atoms with Gasteiger partial charge < -0.3 is 15.2 Å². The van der Waals surface area contributed by atoms with Crippen molar-refractivity contribution < 1.29 is 9.32 Å². The van der Waals surface area contributed by atoms with E-state index in [2.05, 4.69) is 30.7 Å². The third kappa shape index (κ3) is 5.04. The maximum atomic E-state index is 13.0. The predicted octanol–water partition coefficient (Wildman–Crippen LogP) is 5.49. The number of nitrogens with zero attached hydrogens (tertiary/aromatic N) is 4. The van der Waals surface area contributed by atoms with E-state index in [1.807, 2.05) is 68.4 Å². The lowest BCUT2D eigenvalue weighted by Crippen LogP contribution is -2.25. The molecule has 0 radical (unpaired) electrons. The molecule has 0 aliphatic carbocycles. The van der Waals surface area contributed by atoms with E-state index in [1.54, 1.807) is 12.4 Å². The Balaban J connectivity index is 1.51. The normalized spacial score (nSPS) is 11.0. The van der Waals surface area contributed by atoms with Gasteiger partial charge in [0.1, 0.15) is 11.6 Å². The number of benzene rings is 2. The third-order valence-electron chi connectivity index (χ3n) is 5.75. The number of hydrogen-bond donors (Lipinski definition) is 2. The summed E-state index contributed by atoms with van der Waals surface area (Å²) in [6.45, 7) is 4.58. The molecule has 5 rings (SSSR count). The van der Waals surface area contributed by atoms with Crippen molar-refractivity contribution in [1.82, 2.24) is 25.4 Å². The monoisotopic (exact) mass is 498 g/mol. The van der Waals surface area contributed by atoms with Crippen LogP contribution in [0.5, 0.6) is 0 Å². The first-order valence-corrected chi connectivity index (χ1v) is 11.8. The van der Waals surface area contributed by atoms with E-state index in [-0.39, 0.29) is 11.7 Å². The van der Waals surface area contributed by atoms with Gasteiger partial charge in [-0.15, -0.1) is 0 Å². The molecular weight excluding hydrogens is 476 g/mol. The Morgan fingerprint density at radius 2 is 1.86 bits per heavy atom. The molecule has 0 aliphatic rings. The highest BCUT2D eigenvalue weighted by atomic mass is 35.5. The van der Waals surface area contributed by atoms with Crippen molar-refractivity contribution >= 4 is 34.2 Å². The summed E-state index contributed by atoms with van der Waals surface area (Å²) in [6.07, 6.45) is 3.39. The molecule has 8 nitrogen and oxygen atoms in total. The molecule has 9 heteroatoms. The van der Waals surface area contributed by atoms with Gasteiger partial charge in [-0.25, -0.2) is 9.97 Å². The standard InChI is InChI=1S/C27H23ClN6O2/c1-16-24(17(2)36-34-16)20-8-9-23-22(12-20)25(30-14-18-5-3-7-21(28)11-18)33-26(32-23)27(35)31-15-19-6-4-10-29-13-19/h3-13H,14-15H2,1-2H3,(H,31,35)(H,30,32,33). The highest BCUT2D eigenvalue weighted by Gasteiger charge is 2.17. The number of carbonyl (C=O) groups is 1. The van der Waals surface area contributed by atoms with Crippen molar-refractivity contribution in [3.63, 3.8) is 0 Å². The van der Waals surface area contributed by atoms with Gasteiger partial charge in [-0.05, 0) is 60.9 Å². The van der Waals surface area contributed by atoms with Crippen molar-refractivity contribution in [2.45, 2.75) is 26.9 Å². The predicted molar refractivity (Wildman–Crippen MR) is 139 cm³/mol. The van der Waals surface area contributed by atoms with Crippen LogP contribution >= 0.6 is 11.6 Å². The number of anilines is 1. The minimum atomic E-state index is -0.374. The van der Waals surface area contributed by atoms with Crippen molar-refractivity contribution in [3.8, 4) is 11.1 Å². The fourth-order valence-electron chi connectivity index (χ4n) is 4.01. The lowest BCUT2D eigenvalue weighted by atomic mass is 10.0. The number of carbonyl (C=O) groups excluding carboxylic acids is 1. The second-order valence-corrected chi connectivity index (χ2v) is 8.79. The van der Waals surface area contributed by atoms with Gasteiger partial charge in [0.05, 0.1) is 11.2 Å². The molecule has 0 saturated heterocycles. The number of amides is 1. The third-order valence-corrected chi connectivity index (χ3v) is 5.98. The molecule has 0 fully saturated rings. The SMILES string of the molecule is Cc1noc(C)c1-c1ccc2nc(C(=O)NCc3cccnc3)nc(NCc3cccc(Cl)c3)c2c1. The number of halogens is 1. The average Bonchev–Trinajstić information content (AvgIpc) is 3.23. The summed E-state index contributed by atoms with van der Waals surface area (Å²) < 4.78 is 5.36. The molecule has 0 aliphatic heterocycles. The summed E-state index contributed by atoms with van der Waals surface area (Å²) in [5.41, 5.74) is 5.17. The molecule has 0 spiro atoms. The zero-order chi connectivity index (χ0) is 25.1. The summed E-state index contributed by atoms with van der Waals surface area (Å²) in [6, 6.07) is 17.1. The van der Waals surface area contributed by atoms with Crippen LogP contribution in [0, 0.1) is 13.8 Å². The van der Waals surface area contributed by atoms with Crippen molar-refractivity contribution in [2.24, 2.45) is 0 Å². The molecule has 3 heterocycles. The van der Waals surface area contributed by atoms with Crippen LogP contribution in [0.25, 0.3) is 22.0 Å². The second-order valence-electron chi connectivity index (χ2n) is 8.35. The average molecular weight is 499 g/mol. The Bertz CT molecular complexity index is 1530. The van der Waals surface area contributed by atoms with E-state index < -0.39 is 0 Å². The van der Waals surface area contributed by atoms with Crippen LogP contribution in [-0.2, 0) is 13.1 Å². The van der Waals surface area contributed by atoms with Gasteiger partial charge in [-0.2, -0.15) is 0 Å². The summed E-state index contributed by atoms with van der Waals surface area (Å²) in [7, 11) is 0. The molecule has 2 N–H and O–H groups in total. The van der Waals surface area contributed by atoms with E-state index in [4.69, 9.17) is 16.1 Å². The minimum Gasteiger partial charge on any atom is -0.365 e. The van der Waals surface area contributed by atoms with Crippen LogP contribution in [0.3, 0.4) is 0 Å². The molecule has 180 valence electrons. The zero-order valence-corrected chi connectivity index (χ0v) is 20.5. The Morgan fingerprint density at radius 1 is 1.00 bits per heavy atom. The van der Waals surface area contributed by atoms with E-state index in [9.17, 15) is 4.79 Å². The van der Waals surface area contributed by atoms with E-state index in [0.29, 0.717) is 29.4 Å². The number of aryl methyl sites for hydroxylation is 2. The van der Waals surface area contributed by atoms with Crippen molar-refractivity contribution in [2.75, 3.05) is 5.32 Å². The number of fused-ring (bicyclic) bond motifs is 1. The van der Waals surface area contributed by atoms with Gasteiger partial charge in [0.15, 0.2) is 0 Å². The summed E-state index contributed by atoms with van der Waals surface area (Å²) in [5.74, 6) is 0.971. The number of rotatable bonds is 7. The molecule has 0 bridgehead atoms. The van der Waals surface area contributed by atoms with Gasteiger partial charge >= 0.3 is 0 Å². The van der Waals surface area contributed by atoms with Gasteiger partial charge in [0.2, 0.25) is 5.82 Å². The highest BCUT2D eigenvalue weighted by molar-refractivity contribution is 6.30. The van der Waals surface area contributed by atoms with Crippen LogP contribution in [0.15, 0.2) is 71.5 Å². The molecule has 1 amide bonds. The van der Waals surface area contributed by atoms with Crippen LogP contribution in [0.2, 0.25) is 5.02 Å². The smallest absolute Gasteiger partial charge is 0.289 e. The van der Waals surface area contributed by atoms with Crippen LogP contribution in [0.4, 0.5) is 5.82 Å². The minimum absolute atomic E-state index is 0.0741. The maximum Gasteiger partial charge on any atom is 0.289 e. The molecule has 3 aromatic heterocycles. The lowest BCUT2D eigenvalue weighted by Gasteiger charge is -2.13. The van der Waals surface area contributed by atoms with Crippen LogP contribution < -0.4 is 10.6 Å². The Kier molecular flexibility index (Phi) is 6.60. The topological polar surface area (TPSA) is 106 Å². The van der Waals surface area contributed by atoms with Gasteiger partial charge in [-0.3, -0.25) is 9.78 Å². The number of aromatic nitrogens is 4. The first-order valence-electron chi connectivity index (χ1n) is 11.4. The first kappa shape index (κ1) is 23.4. The van der Waals surface area contributed by atoms with Gasteiger partial charge in [0, 0.05) is 41.5 Å². The van der Waals surface area contributed by atoms with E-state index >= 15 is 0 Å². The molecular formula is C27H23ClN6O2. The molecule has 5 aromatic rings. The van der Waals surface area contributed by atoms with Crippen LogP contribution in [0.1, 0.15) is 33.2 Å². The fraction of sp³-hybridized carbons (Fsp3) is 0.148. The van der Waals surface area contributed by atoms with Gasteiger partial charge in [0.25, 0.3) is 5.91 Å². The summed E-state index contributed by atoms with van der Waals surface area (Å²) >= 11 is 6.16. The number of hydrogen-bond acceptors (Lipinski definition) is 7.